The molecule has 6 heteroatoms. The summed E-state index contributed by atoms with van der Waals surface area (Å²) in [5.41, 5.74) is 1.02. The fourth-order valence-electron chi connectivity index (χ4n) is 1.39. The predicted molar refractivity (Wildman–Crippen MR) is 75.8 cm³/mol. The number of hydrogen-bond donors (Lipinski definition) is 1. The van der Waals surface area contributed by atoms with Crippen LogP contribution < -0.4 is 0 Å². The molecule has 0 saturated carbocycles. The van der Waals surface area contributed by atoms with Gasteiger partial charge in [0.1, 0.15) is 5.01 Å². The third-order valence-corrected chi connectivity index (χ3v) is 3.89. The van der Waals surface area contributed by atoms with E-state index in [0.717, 1.165) is 5.56 Å². The molecule has 0 fully saturated rings. The monoisotopic (exact) mass is 299 g/mol. The lowest BCUT2D eigenvalue weighted by molar-refractivity contribution is 0.0516. The van der Waals surface area contributed by atoms with Crippen LogP contribution in [0.25, 0.3) is 10.6 Å². The molecule has 1 heterocycles. The van der Waals surface area contributed by atoms with Crippen molar-refractivity contribution in [3.8, 4) is 10.6 Å². The van der Waals surface area contributed by atoms with Crippen molar-refractivity contribution in [2.75, 3.05) is 6.61 Å². The number of halogens is 1. The van der Waals surface area contributed by atoms with E-state index in [-0.39, 0.29) is 5.69 Å². The van der Waals surface area contributed by atoms with Crippen LogP contribution in [-0.4, -0.2) is 17.6 Å². The van der Waals surface area contributed by atoms with Gasteiger partial charge in [-0.15, -0.1) is 24.0 Å². The van der Waals surface area contributed by atoms with E-state index in [1.165, 1.54) is 11.3 Å². The maximum atomic E-state index is 11.6. The highest BCUT2D eigenvalue weighted by atomic mass is 35.5. The number of thiol groups is 1. The van der Waals surface area contributed by atoms with Gasteiger partial charge in [-0.05, 0) is 13.0 Å². The lowest BCUT2D eigenvalue weighted by Gasteiger charge is -1.99. The standard InChI is InChI=1S/C12H10ClNO2S2/c1-2-16-11(15)9-12(17)18-10(14-9)7-5-3-4-6-8(7)13/h3-6,17H,2H2,1H3. The topological polar surface area (TPSA) is 39.2 Å². The first-order valence-corrected chi connectivity index (χ1v) is 6.89. The van der Waals surface area contributed by atoms with Crippen LogP contribution in [0, 0.1) is 0 Å². The number of thiazole rings is 1. The molecule has 0 spiro atoms. The molecule has 2 aromatic rings. The minimum absolute atomic E-state index is 0.236. The third-order valence-electron chi connectivity index (χ3n) is 2.18. The number of rotatable bonds is 3. The highest BCUT2D eigenvalue weighted by Crippen LogP contribution is 2.34. The van der Waals surface area contributed by atoms with E-state index in [1.54, 1.807) is 13.0 Å². The summed E-state index contributed by atoms with van der Waals surface area (Å²) < 4.78 is 5.44. The van der Waals surface area contributed by atoms with E-state index in [1.807, 2.05) is 18.2 Å². The van der Waals surface area contributed by atoms with Crippen molar-refractivity contribution in [3.63, 3.8) is 0 Å². The van der Waals surface area contributed by atoms with Crippen LogP contribution in [0.3, 0.4) is 0 Å². The Bertz CT molecular complexity index is 583. The molecule has 0 radical (unpaired) electrons. The van der Waals surface area contributed by atoms with Crippen molar-refractivity contribution in [3.05, 3.63) is 35.0 Å². The zero-order valence-corrected chi connectivity index (χ0v) is 12.0. The van der Waals surface area contributed by atoms with Crippen LogP contribution in [-0.2, 0) is 4.74 Å². The zero-order chi connectivity index (χ0) is 13.1. The van der Waals surface area contributed by atoms with Crippen molar-refractivity contribution < 1.29 is 9.53 Å². The van der Waals surface area contributed by atoms with E-state index in [4.69, 9.17) is 16.3 Å². The van der Waals surface area contributed by atoms with Gasteiger partial charge in [0.2, 0.25) is 0 Å². The minimum Gasteiger partial charge on any atom is -0.461 e. The molecule has 0 bridgehead atoms. The summed E-state index contributed by atoms with van der Waals surface area (Å²) in [5, 5.41) is 1.25. The Kier molecular flexibility index (Phi) is 4.27. The van der Waals surface area contributed by atoms with Gasteiger partial charge in [-0.2, -0.15) is 0 Å². The average molecular weight is 300 g/mol. The van der Waals surface area contributed by atoms with Gasteiger partial charge in [-0.1, -0.05) is 29.8 Å². The summed E-state index contributed by atoms with van der Waals surface area (Å²) >= 11 is 11.6. The van der Waals surface area contributed by atoms with Gasteiger partial charge in [-0.3, -0.25) is 0 Å². The first kappa shape index (κ1) is 13.4. The molecule has 18 heavy (non-hydrogen) atoms. The van der Waals surface area contributed by atoms with E-state index in [9.17, 15) is 4.79 Å². The van der Waals surface area contributed by atoms with Crippen LogP contribution in [0.2, 0.25) is 5.02 Å². The lowest BCUT2D eigenvalue weighted by atomic mass is 10.2. The first-order valence-electron chi connectivity index (χ1n) is 5.25. The molecule has 1 aromatic carbocycles. The van der Waals surface area contributed by atoms with Crippen LogP contribution in [0.15, 0.2) is 28.5 Å². The van der Waals surface area contributed by atoms with Crippen molar-refractivity contribution in [1.82, 2.24) is 4.98 Å². The van der Waals surface area contributed by atoms with Gasteiger partial charge >= 0.3 is 5.97 Å². The number of carbonyl (C=O) groups is 1. The van der Waals surface area contributed by atoms with Crippen LogP contribution in [0.1, 0.15) is 17.4 Å². The van der Waals surface area contributed by atoms with Crippen molar-refractivity contribution >= 4 is 41.5 Å². The lowest BCUT2D eigenvalue weighted by Crippen LogP contribution is -2.05. The largest absolute Gasteiger partial charge is 0.461 e. The molecule has 3 nitrogen and oxygen atoms in total. The molecule has 0 atom stereocenters. The molecule has 0 aliphatic rings. The SMILES string of the molecule is CCOC(=O)c1nc(-c2ccccc2Cl)sc1S. The molecule has 0 aliphatic heterocycles. The van der Waals surface area contributed by atoms with Gasteiger partial charge in [-0.25, -0.2) is 9.78 Å². The Morgan fingerprint density at radius 1 is 1.50 bits per heavy atom. The Labute approximate surface area is 119 Å². The summed E-state index contributed by atoms with van der Waals surface area (Å²) in [7, 11) is 0. The molecular formula is C12H10ClNO2S2. The Morgan fingerprint density at radius 2 is 2.22 bits per heavy atom. The molecule has 0 saturated heterocycles. The molecule has 0 amide bonds. The van der Waals surface area contributed by atoms with E-state index in [2.05, 4.69) is 17.6 Å². The molecule has 1 aromatic heterocycles. The highest BCUT2D eigenvalue weighted by molar-refractivity contribution is 7.83. The van der Waals surface area contributed by atoms with Gasteiger partial charge in [0.25, 0.3) is 0 Å². The van der Waals surface area contributed by atoms with Crippen molar-refractivity contribution in [2.24, 2.45) is 0 Å². The number of esters is 1. The Balaban J connectivity index is 2.41. The first-order chi connectivity index (χ1) is 8.63. The summed E-state index contributed by atoms with van der Waals surface area (Å²) in [4.78, 5) is 15.9. The normalized spacial score (nSPS) is 10.4. The number of carbonyl (C=O) groups excluding carboxylic acids is 1. The number of aromatic nitrogens is 1. The average Bonchev–Trinajstić information content (AvgIpc) is 2.72. The second-order valence-corrected chi connectivity index (χ2v) is 5.53. The van der Waals surface area contributed by atoms with E-state index in [0.29, 0.717) is 20.8 Å². The van der Waals surface area contributed by atoms with Crippen molar-refractivity contribution in [1.29, 1.82) is 0 Å². The van der Waals surface area contributed by atoms with Gasteiger partial charge in [0.05, 0.1) is 15.8 Å². The number of hydrogen-bond acceptors (Lipinski definition) is 5. The summed E-state index contributed by atoms with van der Waals surface area (Å²) in [6, 6.07) is 7.34. The van der Waals surface area contributed by atoms with Gasteiger partial charge < -0.3 is 4.74 Å². The molecular weight excluding hydrogens is 290 g/mol. The molecule has 0 aliphatic carbocycles. The van der Waals surface area contributed by atoms with Crippen molar-refractivity contribution in [2.45, 2.75) is 11.1 Å². The quantitative estimate of drug-likeness (QED) is 0.689. The zero-order valence-electron chi connectivity index (χ0n) is 9.51. The van der Waals surface area contributed by atoms with Crippen LogP contribution in [0.5, 0.6) is 0 Å². The highest BCUT2D eigenvalue weighted by Gasteiger charge is 2.18. The Morgan fingerprint density at radius 3 is 2.89 bits per heavy atom. The van der Waals surface area contributed by atoms with Crippen LogP contribution in [0.4, 0.5) is 0 Å². The fourth-order valence-corrected chi connectivity index (χ4v) is 2.91. The molecule has 94 valence electrons. The fraction of sp³-hybridized carbons (Fsp3) is 0.167. The minimum atomic E-state index is -0.461. The second-order valence-electron chi connectivity index (χ2n) is 3.37. The maximum Gasteiger partial charge on any atom is 0.359 e. The second kappa shape index (κ2) is 5.73. The Hall–Kier alpha value is -1.04. The summed E-state index contributed by atoms with van der Waals surface area (Å²) in [5.74, 6) is -0.461. The predicted octanol–water partition coefficient (Wildman–Crippen LogP) is 3.93. The van der Waals surface area contributed by atoms with Crippen LogP contribution >= 0.6 is 35.6 Å². The molecule has 0 N–H and O–H groups in total. The maximum absolute atomic E-state index is 11.6. The third kappa shape index (κ3) is 2.68. The van der Waals surface area contributed by atoms with E-state index >= 15 is 0 Å². The molecule has 2 rings (SSSR count). The number of nitrogens with zero attached hydrogens (tertiary/aromatic N) is 1. The van der Waals surface area contributed by atoms with E-state index < -0.39 is 5.97 Å². The number of ether oxygens (including phenoxy) is 1. The van der Waals surface area contributed by atoms with Gasteiger partial charge in [0, 0.05) is 5.56 Å². The van der Waals surface area contributed by atoms with Gasteiger partial charge in [0.15, 0.2) is 5.69 Å². The summed E-state index contributed by atoms with van der Waals surface area (Å²) in [6.45, 7) is 2.06. The number of benzene rings is 1. The molecule has 0 unspecified atom stereocenters. The summed E-state index contributed by atoms with van der Waals surface area (Å²) in [6.07, 6.45) is 0. The smallest absolute Gasteiger partial charge is 0.359 e.